The molecule has 21 heavy (non-hydrogen) atoms. The average molecular weight is 307 g/mol. The van der Waals surface area contributed by atoms with Gasteiger partial charge in [0, 0.05) is 11.1 Å². The van der Waals surface area contributed by atoms with E-state index >= 15 is 0 Å². The molecule has 0 spiro atoms. The van der Waals surface area contributed by atoms with Crippen molar-refractivity contribution in [1.29, 1.82) is 0 Å². The van der Waals surface area contributed by atoms with Gasteiger partial charge in [0.1, 0.15) is 0 Å². The van der Waals surface area contributed by atoms with E-state index < -0.39 is 20.6 Å². The maximum atomic E-state index is 12.4. The van der Waals surface area contributed by atoms with Gasteiger partial charge >= 0.3 is 5.97 Å². The summed E-state index contributed by atoms with van der Waals surface area (Å²) in [5.41, 5.74) is 1.98. The number of rotatable bonds is 4. The van der Waals surface area contributed by atoms with Crippen LogP contribution in [-0.4, -0.2) is 29.2 Å². The van der Waals surface area contributed by atoms with Crippen molar-refractivity contribution in [3.63, 3.8) is 0 Å². The van der Waals surface area contributed by atoms with Gasteiger partial charge < -0.3 is 5.11 Å². The number of sulfone groups is 1. The van der Waals surface area contributed by atoms with Crippen molar-refractivity contribution < 1.29 is 18.3 Å². The molecule has 1 heterocycles. The van der Waals surface area contributed by atoms with Gasteiger partial charge in [0.05, 0.1) is 11.3 Å². The van der Waals surface area contributed by atoms with Gasteiger partial charge in [-0.1, -0.05) is 18.2 Å². The monoisotopic (exact) mass is 307 g/mol. The molecule has 0 saturated carbocycles. The lowest BCUT2D eigenvalue weighted by atomic mass is 10.1. The fourth-order valence-electron chi connectivity index (χ4n) is 2.03. The SMILES string of the molecule is Cc1cc(CS(=O)(=O)C(C)(C)C(=O)O)c2ccccc2n1. The number of hydrogen-bond donors (Lipinski definition) is 1. The summed E-state index contributed by atoms with van der Waals surface area (Å²) in [5.74, 6) is -1.67. The summed E-state index contributed by atoms with van der Waals surface area (Å²) in [4.78, 5) is 15.5. The number of carboxylic acid groups (broad SMARTS) is 1. The second kappa shape index (κ2) is 5.11. The molecule has 0 amide bonds. The molecule has 2 aromatic rings. The van der Waals surface area contributed by atoms with Crippen LogP contribution in [0.2, 0.25) is 0 Å². The fourth-order valence-corrected chi connectivity index (χ4v) is 3.31. The minimum absolute atomic E-state index is 0.323. The molecular weight excluding hydrogens is 290 g/mol. The van der Waals surface area contributed by atoms with Crippen LogP contribution < -0.4 is 0 Å². The zero-order valence-electron chi connectivity index (χ0n) is 12.1. The first-order valence-corrected chi connectivity index (χ1v) is 8.11. The summed E-state index contributed by atoms with van der Waals surface area (Å²) in [7, 11) is -3.85. The zero-order valence-corrected chi connectivity index (χ0v) is 12.9. The number of carbonyl (C=O) groups is 1. The summed E-state index contributed by atoms with van der Waals surface area (Å²) < 4.78 is 23.0. The molecule has 1 aromatic carbocycles. The lowest BCUT2D eigenvalue weighted by molar-refractivity contribution is -0.139. The highest BCUT2D eigenvalue weighted by Gasteiger charge is 2.41. The molecule has 0 radical (unpaired) electrons. The summed E-state index contributed by atoms with van der Waals surface area (Å²) in [6.07, 6.45) is 0. The van der Waals surface area contributed by atoms with E-state index in [0.29, 0.717) is 16.8 Å². The number of para-hydroxylation sites is 1. The molecule has 6 heteroatoms. The van der Waals surface area contributed by atoms with E-state index in [2.05, 4.69) is 4.98 Å². The van der Waals surface area contributed by atoms with Gasteiger partial charge in [-0.05, 0) is 38.5 Å². The van der Waals surface area contributed by atoms with Gasteiger partial charge in [0.25, 0.3) is 0 Å². The van der Waals surface area contributed by atoms with E-state index in [4.69, 9.17) is 5.11 Å². The van der Waals surface area contributed by atoms with Gasteiger partial charge in [-0.15, -0.1) is 0 Å². The Morgan fingerprint density at radius 3 is 2.52 bits per heavy atom. The van der Waals surface area contributed by atoms with Crippen molar-refractivity contribution in [2.24, 2.45) is 0 Å². The third-order valence-electron chi connectivity index (χ3n) is 3.57. The number of fused-ring (bicyclic) bond motifs is 1. The molecular formula is C15H17NO4S. The largest absolute Gasteiger partial charge is 0.480 e. The molecule has 2 rings (SSSR count). The zero-order chi connectivity index (χ0) is 15.8. The highest BCUT2D eigenvalue weighted by molar-refractivity contribution is 7.92. The first-order valence-electron chi connectivity index (χ1n) is 6.46. The summed E-state index contributed by atoms with van der Waals surface area (Å²) in [6, 6.07) is 8.92. The fraction of sp³-hybridized carbons (Fsp3) is 0.333. The van der Waals surface area contributed by atoms with E-state index in [-0.39, 0.29) is 5.75 Å². The Morgan fingerprint density at radius 2 is 1.90 bits per heavy atom. The number of aliphatic carboxylic acids is 1. The molecule has 1 aromatic heterocycles. The molecule has 0 bridgehead atoms. The summed E-state index contributed by atoms with van der Waals surface area (Å²) >= 11 is 0. The van der Waals surface area contributed by atoms with Crippen LogP contribution in [0.25, 0.3) is 10.9 Å². The van der Waals surface area contributed by atoms with Crippen LogP contribution in [-0.2, 0) is 20.4 Å². The minimum Gasteiger partial charge on any atom is -0.480 e. The Balaban J connectivity index is 2.57. The van der Waals surface area contributed by atoms with E-state index in [9.17, 15) is 13.2 Å². The number of hydrogen-bond acceptors (Lipinski definition) is 4. The van der Waals surface area contributed by atoms with Crippen molar-refractivity contribution >= 4 is 26.7 Å². The van der Waals surface area contributed by atoms with Crippen LogP contribution in [0.3, 0.4) is 0 Å². The smallest absolute Gasteiger partial charge is 0.324 e. The van der Waals surface area contributed by atoms with Gasteiger partial charge in [0.15, 0.2) is 14.6 Å². The quantitative estimate of drug-likeness (QED) is 0.937. The Labute approximate surface area is 123 Å². The summed E-state index contributed by atoms with van der Waals surface area (Å²) in [6.45, 7) is 4.20. The van der Waals surface area contributed by atoms with E-state index in [0.717, 1.165) is 5.39 Å². The van der Waals surface area contributed by atoms with Crippen molar-refractivity contribution in [2.75, 3.05) is 0 Å². The third-order valence-corrected chi connectivity index (χ3v) is 5.99. The molecule has 0 atom stereocenters. The van der Waals surface area contributed by atoms with Crippen LogP contribution in [0.5, 0.6) is 0 Å². The van der Waals surface area contributed by atoms with Crippen LogP contribution in [0.15, 0.2) is 30.3 Å². The lowest BCUT2D eigenvalue weighted by Crippen LogP contribution is -2.41. The second-order valence-corrected chi connectivity index (χ2v) is 8.05. The highest BCUT2D eigenvalue weighted by Crippen LogP contribution is 2.26. The van der Waals surface area contributed by atoms with E-state index in [1.165, 1.54) is 13.8 Å². The Hall–Kier alpha value is -1.95. The summed E-state index contributed by atoms with van der Waals surface area (Å²) in [5, 5.41) is 9.86. The van der Waals surface area contributed by atoms with Crippen molar-refractivity contribution in [3.8, 4) is 0 Å². The topological polar surface area (TPSA) is 84.3 Å². The van der Waals surface area contributed by atoms with Crippen LogP contribution in [0.1, 0.15) is 25.1 Å². The predicted molar refractivity (Wildman–Crippen MR) is 80.8 cm³/mol. The van der Waals surface area contributed by atoms with Crippen LogP contribution >= 0.6 is 0 Å². The molecule has 112 valence electrons. The average Bonchev–Trinajstić information content (AvgIpc) is 2.37. The van der Waals surface area contributed by atoms with Gasteiger partial charge in [-0.2, -0.15) is 0 Å². The van der Waals surface area contributed by atoms with Crippen molar-refractivity contribution in [1.82, 2.24) is 4.98 Å². The Bertz CT molecular complexity index is 810. The second-order valence-electron chi connectivity index (χ2n) is 5.51. The molecule has 0 saturated heterocycles. The maximum Gasteiger partial charge on any atom is 0.324 e. The predicted octanol–water partition coefficient (Wildman–Crippen LogP) is 2.32. The molecule has 1 N–H and O–H groups in total. The van der Waals surface area contributed by atoms with Gasteiger partial charge in [-0.3, -0.25) is 9.78 Å². The third kappa shape index (κ3) is 2.76. The molecule has 0 aliphatic rings. The molecule has 5 nitrogen and oxygen atoms in total. The van der Waals surface area contributed by atoms with Gasteiger partial charge in [-0.25, -0.2) is 8.42 Å². The van der Waals surface area contributed by atoms with Crippen molar-refractivity contribution in [2.45, 2.75) is 31.3 Å². The minimum atomic E-state index is -3.85. The van der Waals surface area contributed by atoms with Crippen LogP contribution in [0, 0.1) is 6.92 Å². The number of aryl methyl sites for hydroxylation is 1. The molecule has 0 aliphatic carbocycles. The Morgan fingerprint density at radius 1 is 1.29 bits per heavy atom. The van der Waals surface area contributed by atoms with Crippen LogP contribution in [0.4, 0.5) is 0 Å². The molecule has 0 aliphatic heterocycles. The first kappa shape index (κ1) is 15.4. The number of pyridine rings is 1. The molecule has 0 unspecified atom stereocenters. The Kier molecular flexibility index (Phi) is 3.76. The highest BCUT2D eigenvalue weighted by atomic mass is 32.2. The van der Waals surface area contributed by atoms with Crippen molar-refractivity contribution in [3.05, 3.63) is 41.6 Å². The lowest BCUT2D eigenvalue weighted by Gasteiger charge is -2.20. The maximum absolute atomic E-state index is 12.4. The number of aromatic nitrogens is 1. The van der Waals surface area contributed by atoms with E-state index in [1.54, 1.807) is 31.2 Å². The number of carboxylic acids is 1. The van der Waals surface area contributed by atoms with E-state index in [1.807, 2.05) is 6.07 Å². The van der Waals surface area contributed by atoms with Gasteiger partial charge in [0.2, 0.25) is 0 Å². The number of benzene rings is 1. The first-order chi connectivity index (χ1) is 9.65. The number of nitrogens with zero attached hydrogens (tertiary/aromatic N) is 1. The standard InChI is InChI=1S/C15H17NO4S/c1-10-8-11(12-6-4-5-7-13(12)16-10)9-21(19,20)15(2,3)14(17)18/h4-8H,9H2,1-3H3,(H,17,18). The molecule has 0 fully saturated rings. The normalized spacial score (nSPS) is 12.5.